The maximum Gasteiger partial charge on any atom is 0.416 e. The van der Waals surface area contributed by atoms with Gasteiger partial charge >= 0.3 is 18.2 Å². The van der Waals surface area contributed by atoms with Gasteiger partial charge in [0, 0.05) is 41.0 Å². The monoisotopic (exact) mass is 823 g/mol. The Bertz CT molecular complexity index is 2220. The molecular formula is C41H44F3N5O8S. The van der Waals surface area contributed by atoms with Crippen molar-refractivity contribution in [1.29, 1.82) is 0 Å². The van der Waals surface area contributed by atoms with E-state index in [2.05, 4.69) is 46.4 Å². The molecule has 0 aliphatic carbocycles. The zero-order valence-electron chi connectivity index (χ0n) is 32.4. The summed E-state index contributed by atoms with van der Waals surface area (Å²) in [5.74, 6) is 0.321. The van der Waals surface area contributed by atoms with Crippen LogP contribution in [-0.4, -0.2) is 68.5 Å². The molecule has 0 saturated heterocycles. The van der Waals surface area contributed by atoms with Gasteiger partial charge in [-0.25, -0.2) is 14.6 Å². The second-order valence-electron chi connectivity index (χ2n) is 13.7. The molecule has 0 unspecified atom stereocenters. The van der Waals surface area contributed by atoms with E-state index in [1.54, 1.807) is 25.3 Å². The Morgan fingerprint density at radius 2 is 1.50 bits per heavy atom. The number of aromatic nitrogens is 1. The molecule has 0 spiro atoms. The van der Waals surface area contributed by atoms with Crippen molar-refractivity contribution in [1.82, 2.24) is 4.98 Å². The Hall–Kier alpha value is -5.91. The summed E-state index contributed by atoms with van der Waals surface area (Å²) in [6, 6.07) is 20.5. The summed E-state index contributed by atoms with van der Waals surface area (Å²) >= 11 is 1.41. The lowest BCUT2D eigenvalue weighted by Crippen LogP contribution is -2.21. The minimum atomic E-state index is -4.66. The van der Waals surface area contributed by atoms with E-state index in [0.29, 0.717) is 39.4 Å². The summed E-state index contributed by atoms with van der Waals surface area (Å²) in [6.45, 7) is 5.88. The third-order valence-corrected chi connectivity index (χ3v) is 8.74. The van der Waals surface area contributed by atoms with E-state index >= 15 is 0 Å². The van der Waals surface area contributed by atoms with Gasteiger partial charge in [0.05, 0.1) is 49.6 Å². The molecule has 0 fully saturated rings. The van der Waals surface area contributed by atoms with Crippen LogP contribution in [0, 0.1) is 0 Å². The highest BCUT2D eigenvalue weighted by Gasteiger charge is 2.31. The number of urea groups is 1. The predicted octanol–water partition coefficient (Wildman–Crippen LogP) is 9.93. The Kier molecular flexibility index (Phi) is 14.5. The first kappa shape index (κ1) is 43.2. The fraction of sp³-hybridized carbons (Fsp3) is 0.293. The summed E-state index contributed by atoms with van der Waals surface area (Å²) in [6.07, 6.45) is -1.31. The highest BCUT2D eigenvalue weighted by atomic mass is 32.2. The number of carbonyl (C=O) groups is 2. The lowest BCUT2D eigenvalue weighted by molar-refractivity contribution is -0.142. The molecule has 0 aliphatic rings. The number of benzene rings is 4. The standard InChI is InChI=1S/C41H44F3N5O8S/c1-40(2,3)25-20-33(38(53-4)34(21-25)49-58-5)48-39(52)47-32-10-11-35(31-9-7-6-8-30(31)32)57-28-12-13-45-36(23-28)46-27-18-26(41(42,43)44)19-29(22-27)56-17-16-54-14-15-55-24-37(50)51/h6-13,18-23,49H,14-17,24H2,1-5H3,(H,45,46)(H,50,51)(H2,47,48,52). The lowest BCUT2D eigenvalue weighted by atomic mass is 9.86. The first-order valence-electron chi connectivity index (χ1n) is 17.9. The fourth-order valence-electron chi connectivity index (χ4n) is 5.64. The van der Waals surface area contributed by atoms with Crippen molar-refractivity contribution in [2.24, 2.45) is 0 Å². The van der Waals surface area contributed by atoms with Crippen LogP contribution in [0.4, 0.5) is 46.5 Å². The number of hydrogen-bond acceptors (Lipinski definition) is 11. The average molecular weight is 824 g/mol. The van der Waals surface area contributed by atoms with Crippen molar-refractivity contribution in [2.45, 2.75) is 32.4 Å². The van der Waals surface area contributed by atoms with Crippen LogP contribution in [0.25, 0.3) is 10.8 Å². The van der Waals surface area contributed by atoms with Crippen molar-refractivity contribution in [3.05, 3.63) is 96.2 Å². The fourth-order valence-corrected chi connectivity index (χ4v) is 6.01. The van der Waals surface area contributed by atoms with Crippen LogP contribution in [0.1, 0.15) is 31.9 Å². The van der Waals surface area contributed by atoms with Crippen LogP contribution in [0.15, 0.2) is 85.1 Å². The van der Waals surface area contributed by atoms with E-state index in [9.17, 15) is 22.8 Å². The normalized spacial score (nSPS) is 11.5. The molecule has 5 rings (SSSR count). The van der Waals surface area contributed by atoms with Gasteiger partial charge in [-0.2, -0.15) is 13.2 Å². The number of amides is 2. The summed E-state index contributed by atoms with van der Waals surface area (Å²) in [4.78, 5) is 28.2. The van der Waals surface area contributed by atoms with Crippen LogP contribution >= 0.6 is 11.9 Å². The molecule has 2 amide bonds. The summed E-state index contributed by atoms with van der Waals surface area (Å²) in [5.41, 5.74) is 1.66. The Labute approximate surface area is 337 Å². The number of rotatable bonds is 18. The molecule has 0 saturated carbocycles. The number of carbonyl (C=O) groups excluding carboxylic acids is 1. The number of halogens is 3. The van der Waals surface area contributed by atoms with Crippen molar-refractivity contribution < 1.29 is 51.6 Å². The topological polar surface area (TPSA) is 162 Å². The quantitative estimate of drug-likeness (QED) is 0.0421. The van der Waals surface area contributed by atoms with Crippen LogP contribution < -0.4 is 34.9 Å². The van der Waals surface area contributed by atoms with Gasteiger partial charge in [-0.15, -0.1) is 0 Å². The number of aliphatic carboxylic acids is 1. The van der Waals surface area contributed by atoms with E-state index in [4.69, 9.17) is 28.8 Å². The van der Waals surface area contributed by atoms with Gasteiger partial charge < -0.3 is 49.5 Å². The summed E-state index contributed by atoms with van der Waals surface area (Å²) in [7, 11) is 1.54. The number of nitrogens with one attached hydrogen (secondary N) is 4. The van der Waals surface area contributed by atoms with Gasteiger partial charge in [-0.1, -0.05) is 57.0 Å². The number of pyridine rings is 1. The molecule has 0 radical (unpaired) electrons. The number of carboxylic acids is 1. The van der Waals surface area contributed by atoms with Crippen molar-refractivity contribution >= 4 is 63.3 Å². The summed E-state index contributed by atoms with van der Waals surface area (Å²) in [5, 5.41) is 18.8. The highest BCUT2D eigenvalue weighted by Crippen LogP contribution is 2.41. The maximum absolute atomic E-state index is 13.8. The number of carboxylic acid groups (broad SMARTS) is 1. The summed E-state index contributed by atoms with van der Waals surface area (Å²) < 4.78 is 72.3. The Morgan fingerprint density at radius 3 is 2.21 bits per heavy atom. The third-order valence-electron chi connectivity index (χ3n) is 8.31. The number of methoxy groups -OCH3 is 1. The smallest absolute Gasteiger partial charge is 0.416 e. The molecule has 1 aromatic heterocycles. The zero-order chi connectivity index (χ0) is 41.9. The number of nitrogens with zero attached hydrogens (tertiary/aromatic N) is 1. The molecular weight excluding hydrogens is 780 g/mol. The van der Waals surface area contributed by atoms with E-state index < -0.39 is 30.3 Å². The average Bonchev–Trinajstić information content (AvgIpc) is 3.16. The van der Waals surface area contributed by atoms with Gasteiger partial charge in [-0.05, 0) is 53.4 Å². The van der Waals surface area contributed by atoms with E-state index in [0.717, 1.165) is 23.4 Å². The number of anilines is 5. The van der Waals surface area contributed by atoms with E-state index in [1.165, 1.54) is 30.3 Å². The molecule has 1 heterocycles. The van der Waals surface area contributed by atoms with Crippen molar-refractivity contribution in [3.63, 3.8) is 0 Å². The minimum Gasteiger partial charge on any atom is -0.492 e. The number of fused-ring (bicyclic) bond motifs is 1. The van der Waals surface area contributed by atoms with Crippen molar-refractivity contribution in [2.75, 3.05) is 67.1 Å². The largest absolute Gasteiger partial charge is 0.492 e. The van der Waals surface area contributed by atoms with E-state index in [-0.39, 0.29) is 49.1 Å². The minimum absolute atomic E-state index is 0.0355. The van der Waals surface area contributed by atoms with Crippen LogP contribution in [0.5, 0.6) is 23.0 Å². The van der Waals surface area contributed by atoms with Gasteiger partial charge in [0.2, 0.25) is 0 Å². The molecule has 308 valence electrons. The zero-order valence-corrected chi connectivity index (χ0v) is 33.2. The van der Waals surface area contributed by atoms with Gasteiger partial charge in [0.25, 0.3) is 0 Å². The molecule has 0 aliphatic heterocycles. The molecule has 0 atom stereocenters. The third kappa shape index (κ3) is 12.0. The van der Waals surface area contributed by atoms with Crippen molar-refractivity contribution in [3.8, 4) is 23.0 Å². The number of alkyl halides is 3. The van der Waals surface area contributed by atoms with E-state index in [1.807, 2.05) is 42.7 Å². The van der Waals surface area contributed by atoms with Gasteiger partial charge in [0.1, 0.15) is 36.3 Å². The molecule has 0 bridgehead atoms. The Balaban J connectivity index is 1.29. The van der Waals surface area contributed by atoms with Gasteiger partial charge in [0.15, 0.2) is 5.75 Å². The molecule has 5 N–H and O–H groups in total. The first-order valence-corrected chi connectivity index (χ1v) is 19.1. The maximum atomic E-state index is 13.8. The molecule has 5 aromatic rings. The second-order valence-corrected chi connectivity index (χ2v) is 14.3. The Morgan fingerprint density at radius 1 is 0.793 bits per heavy atom. The second kappa shape index (κ2) is 19.5. The molecule has 4 aromatic carbocycles. The van der Waals surface area contributed by atoms with Crippen LogP contribution in [0.3, 0.4) is 0 Å². The van der Waals surface area contributed by atoms with Gasteiger partial charge in [-0.3, -0.25) is 0 Å². The predicted molar refractivity (Wildman–Crippen MR) is 219 cm³/mol. The molecule has 58 heavy (non-hydrogen) atoms. The number of hydrogen-bond donors (Lipinski definition) is 5. The molecule has 17 heteroatoms. The first-order chi connectivity index (χ1) is 27.6. The SMILES string of the molecule is COc1c(NSC)cc(C(C)(C)C)cc1NC(=O)Nc1ccc(Oc2ccnc(Nc3cc(OCCOCCOCC(=O)O)cc(C(F)(F)F)c3)c2)c2ccccc12. The number of ether oxygens (including phenoxy) is 5. The molecule has 13 nitrogen and oxygen atoms in total. The highest BCUT2D eigenvalue weighted by molar-refractivity contribution is 7.99. The van der Waals surface area contributed by atoms with Crippen LogP contribution in [-0.2, 0) is 25.9 Å². The van der Waals surface area contributed by atoms with Crippen LogP contribution in [0.2, 0.25) is 0 Å². The lowest BCUT2D eigenvalue weighted by Gasteiger charge is -2.24.